The van der Waals surface area contributed by atoms with Crippen molar-refractivity contribution in [1.29, 1.82) is 0 Å². The van der Waals surface area contributed by atoms with Gasteiger partial charge in [-0.25, -0.2) is 4.39 Å². The van der Waals surface area contributed by atoms with Crippen molar-refractivity contribution in [3.05, 3.63) is 47.8 Å². The lowest BCUT2D eigenvalue weighted by atomic mass is 9.95. The van der Waals surface area contributed by atoms with Crippen molar-refractivity contribution in [2.45, 2.75) is 12.1 Å². The maximum absolute atomic E-state index is 13.8. The Balaban J connectivity index is 2.02. The fourth-order valence-corrected chi connectivity index (χ4v) is 2.49. The first-order chi connectivity index (χ1) is 9.27. The van der Waals surface area contributed by atoms with Crippen LogP contribution in [0, 0.1) is 5.82 Å². The molecule has 0 amide bonds. The van der Waals surface area contributed by atoms with E-state index in [1.807, 2.05) is 18.2 Å². The summed E-state index contributed by atoms with van der Waals surface area (Å²) in [5.41, 5.74) is 7.15. The summed E-state index contributed by atoms with van der Waals surface area (Å²) in [7, 11) is 0. The van der Waals surface area contributed by atoms with Crippen LogP contribution in [0.4, 0.5) is 4.39 Å². The van der Waals surface area contributed by atoms with E-state index in [1.165, 1.54) is 6.07 Å². The fourth-order valence-electron chi connectivity index (χ4n) is 2.49. The average Bonchev–Trinajstić information content (AvgIpc) is 2.48. The summed E-state index contributed by atoms with van der Waals surface area (Å²) in [5.74, 6) is -0.229. The van der Waals surface area contributed by atoms with E-state index in [2.05, 4.69) is 0 Å². The van der Waals surface area contributed by atoms with Gasteiger partial charge in [0.1, 0.15) is 11.9 Å². The highest BCUT2D eigenvalue weighted by Crippen LogP contribution is 2.28. The van der Waals surface area contributed by atoms with Crippen LogP contribution in [0.5, 0.6) is 0 Å². The molecular formula is C15H16FNO2. The topological polar surface area (TPSA) is 44.5 Å². The molecule has 0 aliphatic carbocycles. The smallest absolute Gasteiger partial charge is 0.131 e. The summed E-state index contributed by atoms with van der Waals surface area (Å²) >= 11 is 0. The molecule has 2 unspecified atom stereocenters. The second kappa shape index (κ2) is 5.25. The quantitative estimate of drug-likeness (QED) is 0.902. The summed E-state index contributed by atoms with van der Waals surface area (Å²) in [6.07, 6.45) is -0.178. The van der Waals surface area contributed by atoms with Crippen LogP contribution in [-0.4, -0.2) is 25.9 Å². The van der Waals surface area contributed by atoms with Crippen molar-refractivity contribution in [3.63, 3.8) is 0 Å². The molecule has 1 aliphatic heterocycles. The number of fused-ring (bicyclic) bond motifs is 1. The SMILES string of the molecule is NC(c1ccc(F)c2ccccc12)C1COCCO1. The summed E-state index contributed by atoms with van der Waals surface area (Å²) < 4.78 is 24.8. The predicted molar refractivity (Wildman–Crippen MR) is 71.4 cm³/mol. The third kappa shape index (κ3) is 2.34. The molecule has 0 saturated carbocycles. The number of benzene rings is 2. The van der Waals surface area contributed by atoms with Crippen LogP contribution < -0.4 is 5.73 Å². The summed E-state index contributed by atoms with van der Waals surface area (Å²) in [6, 6.07) is 10.2. The van der Waals surface area contributed by atoms with Gasteiger partial charge in [0, 0.05) is 5.39 Å². The zero-order chi connectivity index (χ0) is 13.2. The maximum atomic E-state index is 13.8. The van der Waals surface area contributed by atoms with E-state index in [-0.39, 0.29) is 18.0 Å². The van der Waals surface area contributed by atoms with Crippen LogP contribution in [0.15, 0.2) is 36.4 Å². The first-order valence-electron chi connectivity index (χ1n) is 6.39. The molecule has 19 heavy (non-hydrogen) atoms. The summed E-state index contributed by atoms with van der Waals surface area (Å²) in [5, 5.41) is 1.43. The number of rotatable bonds is 2. The van der Waals surface area contributed by atoms with Crippen molar-refractivity contribution in [3.8, 4) is 0 Å². The lowest BCUT2D eigenvalue weighted by molar-refractivity contribution is -0.0974. The Kier molecular flexibility index (Phi) is 3.46. The molecule has 0 radical (unpaired) electrons. The zero-order valence-electron chi connectivity index (χ0n) is 10.5. The molecule has 2 N–H and O–H groups in total. The Morgan fingerprint density at radius 1 is 1.11 bits per heavy atom. The van der Waals surface area contributed by atoms with Gasteiger partial charge in [0.05, 0.1) is 25.9 Å². The van der Waals surface area contributed by atoms with E-state index >= 15 is 0 Å². The van der Waals surface area contributed by atoms with Crippen molar-refractivity contribution in [1.82, 2.24) is 0 Å². The van der Waals surface area contributed by atoms with Crippen LogP contribution in [0.1, 0.15) is 11.6 Å². The molecule has 3 nitrogen and oxygen atoms in total. The second-order valence-electron chi connectivity index (χ2n) is 4.69. The second-order valence-corrected chi connectivity index (χ2v) is 4.69. The fraction of sp³-hybridized carbons (Fsp3) is 0.333. The number of hydrogen-bond acceptors (Lipinski definition) is 3. The number of hydrogen-bond donors (Lipinski definition) is 1. The lowest BCUT2D eigenvalue weighted by Gasteiger charge is -2.28. The van der Waals surface area contributed by atoms with Gasteiger partial charge >= 0.3 is 0 Å². The van der Waals surface area contributed by atoms with Gasteiger partial charge in [0.2, 0.25) is 0 Å². The van der Waals surface area contributed by atoms with E-state index in [0.717, 1.165) is 10.9 Å². The molecule has 0 aromatic heterocycles. The van der Waals surface area contributed by atoms with Crippen LogP contribution in [0.2, 0.25) is 0 Å². The molecule has 0 spiro atoms. The minimum atomic E-state index is -0.314. The minimum Gasteiger partial charge on any atom is -0.376 e. The van der Waals surface area contributed by atoms with Gasteiger partial charge in [-0.15, -0.1) is 0 Å². The highest BCUT2D eigenvalue weighted by molar-refractivity contribution is 5.86. The Morgan fingerprint density at radius 3 is 2.63 bits per heavy atom. The third-order valence-corrected chi connectivity index (χ3v) is 3.51. The maximum Gasteiger partial charge on any atom is 0.131 e. The predicted octanol–water partition coefficient (Wildman–Crippen LogP) is 2.39. The van der Waals surface area contributed by atoms with Crippen LogP contribution in [-0.2, 0) is 9.47 Å². The van der Waals surface area contributed by atoms with Crippen LogP contribution in [0.25, 0.3) is 10.8 Å². The Morgan fingerprint density at radius 2 is 1.89 bits per heavy atom. The number of halogens is 1. The van der Waals surface area contributed by atoms with E-state index in [9.17, 15) is 4.39 Å². The standard InChI is InChI=1S/C15H16FNO2/c16-13-6-5-12(10-3-1-2-4-11(10)13)15(17)14-9-18-7-8-19-14/h1-6,14-15H,7-9,17H2. The molecule has 1 saturated heterocycles. The van der Waals surface area contributed by atoms with E-state index in [1.54, 1.807) is 12.1 Å². The molecule has 3 rings (SSSR count). The van der Waals surface area contributed by atoms with Crippen molar-refractivity contribution in [2.75, 3.05) is 19.8 Å². The normalized spacial score (nSPS) is 21.5. The monoisotopic (exact) mass is 261 g/mol. The molecule has 2 aromatic carbocycles. The lowest BCUT2D eigenvalue weighted by Crippen LogP contribution is -2.37. The Hall–Kier alpha value is -1.49. The average molecular weight is 261 g/mol. The molecule has 2 atom stereocenters. The van der Waals surface area contributed by atoms with Crippen molar-refractivity contribution >= 4 is 10.8 Å². The summed E-state index contributed by atoms with van der Waals surface area (Å²) in [6.45, 7) is 1.64. The molecule has 0 bridgehead atoms. The zero-order valence-corrected chi connectivity index (χ0v) is 10.5. The third-order valence-electron chi connectivity index (χ3n) is 3.51. The minimum absolute atomic E-state index is 0.178. The van der Waals surface area contributed by atoms with E-state index < -0.39 is 0 Å². The molecule has 4 heteroatoms. The van der Waals surface area contributed by atoms with Gasteiger partial charge in [0.15, 0.2) is 0 Å². The number of nitrogens with two attached hydrogens (primary N) is 1. The molecule has 1 fully saturated rings. The van der Waals surface area contributed by atoms with Crippen molar-refractivity contribution < 1.29 is 13.9 Å². The van der Waals surface area contributed by atoms with Gasteiger partial charge < -0.3 is 15.2 Å². The van der Waals surface area contributed by atoms with E-state index in [0.29, 0.717) is 25.2 Å². The van der Waals surface area contributed by atoms with E-state index in [4.69, 9.17) is 15.2 Å². The highest BCUT2D eigenvalue weighted by atomic mass is 19.1. The summed E-state index contributed by atoms with van der Waals surface area (Å²) in [4.78, 5) is 0. The first kappa shape index (κ1) is 12.5. The highest BCUT2D eigenvalue weighted by Gasteiger charge is 2.25. The molecule has 1 heterocycles. The largest absolute Gasteiger partial charge is 0.376 e. The van der Waals surface area contributed by atoms with Crippen molar-refractivity contribution in [2.24, 2.45) is 5.73 Å². The Labute approximate surface area is 111 Å². The van der Waals surface area contributed by atoms with Crippen LogP contribution >= 0.6 is 0 Å². The van der Waals surface area contributed by atoms with Gasteiger partial charge in [0.25, 0.3) is 0 Å². The van der Waals surface area contributed by atoms with Gasteiger partial charge in [-0.05, 0) is 17.0 Å². The van der Waals surface area contributed by atoms with Crippen LogP contribution in [0.3, 0.4) is 0 Å². The Bertz CT molecular complexity index is 581. The molecular weight excluding hydrogens is 245 g/mol. The number of ether oxygens (including phenoxy) is 2. The molecule has 2 aromatic rings. The van der Waals surface area contributed by atoms with Gasteiger partial charge in [-0.2, -0.15) is 0 Å². The molecule has 100 valence electrons. The molecule has 1 aliphatic rings. The van der Waals surface area contributed by atoms with Gasteiger partial charge in [-0.1, -0.05) is 30.3 Å². The van der Waals surface area contributed by atoms with Gasteiger partial charge in [-0.3, -0.25) is 0 Å². The first-order valence-corrected chi connectivity index (χ1v) is 6.39.